The van der Waals surface area contributed by atoms with Crippen molar-refractivity contribution < 1.29 is 8.42 Å². The SMILES string of the molecule is CSC(C)CNS(=O)(=O)c1cnn(CCCNC2CC2)c1. The number of thioether (sulfide) groups is 1. The molecular formula is C13H24N4O2S2. The number of sulfonamides is 1. The van der Waals surface area contributed by atoms with Crippen LogP contribution in [-0.4, -0.2) is 48.8 Å². The molecule has 2 N–H and O–H groups in total. The third-order valence-corrected chi connectivity index (χ3v) is 5.81. The smallest absolute Gasteiger partial charge is 0.243 e. The summed E-state index contributed by atoms with van der Waals surface area (Å²) < 4.78 is 28.5. The van der Waals surface area contributed by atoms with Gasteiger partial charge in [-0.3, -0.25) is 4.68 Å². The van der Waals surface area contributed by atoms with Crippen molar-refractivity contribution in [2.75, 3.05) is 19.3 Å². The second-order valence-electron chi connectivity index (χ2n) is 5.42. The van der Waals surface area contributed by atoms with Crippen molar-refractivity contribution in [3.05, 3.63) is 12.4 Å². The molecule has 6 nitrogen and oxygen atoms in total. The molecule has 0 aromatic carbocycles. The van der Waals surface area contributed by atoms with Gasteiger partial charge in [0, 0.05) is 30.6 Å². The van der Waals surface area contributed by atoms with E-state index in [4.69, 9.17) is 0 Å². The van der Waals surface area contributed by atoms with E-state index in [0.29, 0.717) is 12.6 Å². The molecule has 0 saturated heterocycles. The number of hydrogen-bond acceptors (Lipinski definition) is 5. The standard InChI is InChI=1S/C13H24N4O2S2/c1-11(20-2)8-16-21(18,19)13-9-15-17(10-13)7-3-6-14-12-4-5-12/h9-12,14,16H,3-8H2,1-2H3. The van der Waals surface area contributed by atoms with Gasteiger partial charge in [-0.2, -0.15) is 16.9 Å². The molecule has 1 fully saturated rings. The van der Waals surface area contributed by atoms with Crippen molar-refractivity contribution in [1.29, 1.82) is 0 Å². The summed E-state index contributed by atoms with van der Waals surface area (Å²) in [5.74, 6) is 0. The lowest BCUT2D eigenvalue weighted by atomic mass is 10.4. The summed E-state index contributed by atoms with van der Waals surface area (Å²) in [6, 6.07) is 0.709. The minimum Gasteiger partial charge on any atom is -0.314 e. The summed E-state index contributed by atoms with van der Waals surface area (Å²) >= 11 is 1.63. The fourth-order valence-electron chi connectivity index (χ4n) is 1.83. The van der Waals surface area contributed by atoms with Gasteiger partial charge >= 0.3 is 0 Å². The van der Waals surface area contributed by atoms with Crippen molar-refractivity contribution in [1.82, 2.24) is 19.8 Å². The van der Waals surface area contributed by atoms with E-state index in [1.54, 1.807) is 22.6 Å². The minimum atomic E-state index is -3.44. The van der Waals surface area contributed by atoms with E-state index in [1.807, 2.05) is 13.2 Å². The Labute approximate surface area is 131 Å². The zero-order valence-electron chi connectivity index (χ0n) is 12.6. The Morgan fingerprint density at radius 3 is 2.95 bits per heavy atom. The maximum Gasteiger partial charge on any atom is 0.243 e. The third kappa shape index (κ3) is 5.61. The molecule has 0 amide bonds. The second kappa shape index (κ2) is 7.62. The molecular weight excluding hydrogens is 308 g/mol. The van der Waals surface area contributed by atoms with Crippen LogP contribution < -0.4 is 10.0 Å². The average Bonchev–Trinajstić information content (AvgIpc) is 3.16. The topological polar surface area (TPSA) is 76.0 Å². The van der Waals surface area contributed by atoms with E-state index >= 15 is 0 Å². The fourth-order valence-corrected chi connectivity index (χ4v) is 3.27. The molecule has 0 spiro atoms. The van der Waals surface area contributed by atoms with Gasteiger partial charge in [0.2, 0.25) is 10.0 Å². The van der Waals surface area contributed by atoms with Crippen molar-refractivity contribution >= 4 is 21.8 Å². The molecule has 1 aromatic rings. The van der Waals surface area contributed by atoms with Crippen LogP contribution in [-0.2, 0) is 16.6 Å². The zero-order valence-corrected chi connectivity index (χ0v) is 14.2. The monoisotopic (exact) mass is 332 g/mol. The Kier molecular flexibility index (Phi) is 6.09. The van der Waals surface area contributed by atoms with Gasteiger partial charge < -0.3 is 5.32 Å². The maximum absolute atomic E-state index is 12.1. The highest BCUT2D eigenvalue weighted by molar-refractivity contribution is 7.99. The van der Waals surface area contributed by atoms with E-state index in [9.17, 15) is 8.42 Å². The Bertz CT molecular complexity index is 540. The highest BCUT2D eigenvalue weighted by atomic mass is 32.2. The Balaban J connectivity index is 1.79. The molecule has 120 valence electrons. The van der Waals surface area contributed by atoms with Crippen molar-refractivity contribution in [2.24, 2.45) is 0 Å². The van der Waals surface area contributed by atoms with Gasteiger partial charge in [-0.15, -0.1) is 0 Å². The fraction of sp³-hybridized carbons (Fsp3) is 0.769. The van der Waals surface area contributed by atoms with Gasteiger partial charge in [0.1, 0.15) is 4.90 Å². The molecule has 0 radical (unpaired) electrons. The van der Waals surface area contributed by atoms with Crippen molar-refractivity contribution in [2.45, 2.75) is 48.9 Å². The summed E-state index contributed by atoms with van der Waals surface area (Å²) in [5, 5.41) is 7.81. The lowest BCUT2D eigenvalue weighted by molar-refractivity contribution is 0.541. The van der Waals surface area contributed by atoms with Crippen LogP contribution in [0.25, 0.3) is 0 Å². The van der Waals surface area contributed by atoms with E-state index in [-0.39, 0.29) is 10.1 Å². The number of nitrogens with one attached hydrogen (secondary N) is 2. The highest BCUT2D eigenvalue weighted by Crippen LogP contribution is 2.18. The van der Waals surface area contributed by atoms with E-state index < -0.39 is 10.0 Å². The number of nitrogens with zero attached hydrogens (tertiary/aromatic N) is 2. The van der Waals surface area contributed by atoms with Gasteiger partial charge in [0.15, 0.2) is 0 Å². The van der Waals surface area contributed by atoms with Gasteiger partial charge in [-0.05, 0) is 32.1 Å². The number of aryl methyl sites for hydroxylation is 1. The zero-order chi connectivity index (χ0) is 15.3. The summed E-state index contributed by atoms with van der Waals surface area (Å²) in [5.41, 5.74) is 0. The predicted molar refractivity (Wildman–Crippen MR) is 86.0 cm³/mol. The van der Waals surface area contributed by atoms with E-state index in [0.717, 1.165) is 19.5 Å². The molecule has 1 heterocycles. The third-order valence-electron chi connectivity index (χ3n) is 3.46. The Morgan fingerprint density at radius 1 is 1.52 bits per heavy atom. The quantitative estimate of drug-likeness (QED) is 0.627. The molecule has 1 aliphatic rings. The summed E-state index contributed by atoms with van der Waals surface area (Å²) in [6.45, 7) is 4.11. The average molecular weight is 332 g/mol. The normalized spacial score (nSPS) is 17.0. The first-order valence-electron chi connectivity index (χ1n) is 7.29. The molecule has 1 atom stereocenters. The van der Waals surface area contributed by atoms with Gasteiger partial charge in [-0.25, -0.2) is 13.1 Å². The minimum absolute atomic E-state index is 0.242. The summed E-state index contributed by atoms with van der Waals surface area (Å²) in [4.78, 5) is 0.242. The first-order valence-corrected chi connectivity index (χ1v) is 10.1. The predicted octanol–water partition coefficient (Wildman–Crippen LogP) is 1.06. The molecule has 1 saturated carbocycles. The molecule has 1 aliphatic carbocycles. The van der Waals surface area contributed by atoms with Crippen LogP contribution in [0, 0.1) is 0 Å². The maximum atomic E-state index is 12.1. The van der Waals surface area contributed by atoms with E-state index in [1.165, 1.54) is 19.0 Å². The van der Waals surface area contributed by atoms with Crippen molar-refractivity contribution in [3.8, 4) is 0 Å². The molecule has 2 rings (SSSR count). The van der Waals surface area contributed by atoms with Crippen molar-refractivity contribution in [3.63, 3.8) is 0 Å². The lowest BCUT2D eigenvalue weighted by Gasteiger charge is -2.09. The molecule has 1 aromatic heterocycles. The van der Waals surface area contributed by atoms with Gasteiger partial charge in [-0.1, -0.05) is 6.92 Å². The lowest BCUT2D eigenvalue weighted by Crippen LogP contribution is -2.29. The second-order valence-corrected chi connectivity index (χ2v) is 8.46. The van der Waals surface area contributed by atoms with Gasteiger partial charge in [0.25, 0.3) is 0 Å². The molecule has 8 heteroatoms. The molecule has 0 bridgehead atoms. The van der Waals surface area contributed by atoms with Crippen LogP contribution in [0.2, 0.25) is 0 Å². The van der Waals surface area contributed by atoms with Crippen LogP contribution in [0.1, 0.15) is 26.2 Å². The van der Waals surface area contributed by atoms with Crippen LogP contribution in [0.5, 0.6) is 0 Å². The number of hydrogen-bond donors (Lipinski definition) is 2. The Morgan fingerprint density at radius 2 is 2.29 bits per heavy atom. The summed E-state index contributed by atoms with van der Waals surface area (Å²) in [7, 11) is -3.44. The Hall–Kier alpha value is -0.570. The highest BCUT2D eigenvalue weighted by Gasteiger charge is 2.20. The molecule has 1 unspecified atom stereocenters. The number of aromatic nitrogens is 2. The number of rotatable bonds is 10. The van der Waals surface area contributed by atoms with E-state index in [2.05, 4.69) is 15.1 Å². The van der Waals surface area contributed by atoms with Crippen LogP contribution in [0.4, 0.5) is 0 Å². The molecule has 21 heavy (non-hydrogen) atoms. The summed E-state index contributed by atoms with van der Waals surface area (Å²) in [6.07, 6.45) is 8.50. The van der Waals surface area contributed by atoms with Crippen LogP contribution >= 0.6 is 11.8 Å². The van der Waals surface area contributed by atoms with Crippen LogP contribution in [0.3, 0.4) is 0 Å². The first kappa shape index (κ1) is 16.8. The van der Waals surface area contributed by atoms with Crippen LogP contribution in [0.15, 0.2) is 17.3 Å². The molecule has 0 aliphatic heterocycles. The largest absolute Gasteiger partial charge is 0.314 e. The van der Waals surface area contributed by atoms with Gasteiger partial charge in [0.05, 0.1) is 6.20 Å². The first-order chi connectivity index (χ1) is 10.0.